The van der Waals surface area contributed by atoms with E-state index in [1.54, 1.807) is 0 Å². The lowest BCUT2D eigenvalue weighted by Gasteiger charge is -2.29. The van der Waals surface area contributed by atoms with Gasteiger partial charge in [0.2, 0.25) is 0 Å². The molecule has 0 bridgehead atoms. The topological polar surface area (TPSA) is 15.3 Å². The highest BCUT2D eigenvalue weighted by atomic mass is 32.1. The molecule has 0 unspecified atom stereocenters. The van der Waals surface area contributed by atoms with Crippen LogP contribution < -0.4 is 5.32 Å². The molecule has 0 saturated carbocycles. The second kappa shape index (κ2) is 5.39. The van der Waals surface area contributed by atoms with Crippen LogP contribution in [0, 0.1) is 0 Å². The molecular formula is C15H20N2S. The van der Waals surface area contributed by atoms with Crippen molar-refractivity contribution in [1.82, 2.24) is 10.2 Å². The first kappa shape index (κ1) is 12.2. The second-order valence-electron chi connectivity index (χ2n) is 5.22. The number of likely N-dealkylation sites (tertiary alicyclic amines) is 1. The van der Waals surface area contributed by atoms with E-state index in [1.165, 1.54) is 41.6 Å². The van der Waals surface area contributed by atoms with Crippen molar-refractivity contribution in [2.24, 2.45) is 0 Å². The van der Waals surface area contributed by atoms with Gasteiger partial charge in [-0.2, -0.15) is 0 Å². The Bertz CT molecular complexity index is 512. The Kier molecular flexibility index (Phi) is 3.64. The maximum atomic E-state index is 3.72. The van der Waals surface area contributed by atoms with Gasteiger partial charge in [-0.15, -0.1) is 11.3 Å². The number of nitrogens with zero attached hydrogens (tertiary/aromatic N) is 1. The summed E-state index contributed by atoms with van der Waals surface area (Å²) in [5.74, 6) is 0. The van der Waals surface area contributed by atoms with E-state index in [0.717, 1.165) is 6.54 Å². The van der Waals surface area contributed by atoms with E-state index in [0.29, 0.717) is 6.04 Å². The summed E-state index contributed by atoms with van der Waals surface area (Å²) in [5, 5.41) is 7.43. The number of benzene rings is 1. The molecule has 0 radical (unpaired) electrons. The molecule has 2 heterocycles. The number of piperidine rings is 1. The van der Waals surface area contributed by atoms with Crippen molar-refractivity contribution in [2.45, 2.75) is 25.4 Å². The van der Waals surface area contributed by atoms with Crippen molar-refractivity contribution < 1.29 is 0 Å². The Morgan fingerprint density at radius 3 is 2.89 bits per heavy atom. The molecule has 1 aliphatic rings. The predicted molar refractivity (Wildman–Crippen MR) is 79.2 cm³/mol. The minimum atomic E-state index is 0.694. The number of hydrogen-bond donors (Lipinski definition) is 1. The third-order valence-corrected chi connectivity index (χ3v) is 4.87. The average molecular weight is 260 g/mol. The van der Waals surface area contributed by atoms with Gasteiger partial charge in [0.15, 0.2) is 0 Å². The van der Waals surface area contributed by atoms with E-state index in [2.05, 4.69) is 46.9 Å². The van der Waals surface area contributed by atoms with Gasteiger partial charge >= 0.3 is 0 Å². The van der Waals surface area contributed by atoms with Crippen LogP contribution in [0.2, 0.25) is 0 Å². The Morgan fingerprint density at radius 2 is 2.06 bits per heavy atom. The zero-order chi connectivity index (χ0) is 12.4. The molecule has 0 amide bonds. The number of rotatable bonds is 3. The largest absolute Gasteiger partial charge is 0.310 e. The van der Waals surface area contributed by atoms with Crippen LogP contribution in [0.5, 0.6) is 0 Å². The standard InChI is InChI=1S/C15H20N2S/c1-17-8-6-13(7-9-17)16-10-12-11-18-15-5-3-2-4-14(12)15/h2-5,11,13,16H,6-10H2,1H3. The summed E-state index contributed by atoms with van der Waals surface area (Å²) in [5.41, 5.74) is 1.45. The summed E-state index contributed by atoms with van der Waals surface area (Å²) in [4.78, 5) is 2.41. The first-order chi connectivity index (χ1) is 8.83. The van der Waals surface area contributed by atoms with E-state index in [4.69, 9.17) is 0 Å². The van der Waals surface area contributed by atoms with Gasteiger partial charge in [-0.1, -0.05) is 18.2 Å². The average Bonchev–Trinajstić information content (AvgIpc) is 2.82. The molecule has 1 saturated heterocycles. The van der Waals surface area contributed by atoms with E-state index < -0.39 is 0 Å². The van der Waals surface area contributed by atoms with Gasteiger partial charge < -0.3 is 10.2 Å². The van der Waals surface area contributed by atoms with Gasteiger partial charge in [0, 0.05) is 17.3 Å². The summed E-state index contributed by atoms with van der Waals surface area (Å²) in [7, 11) is 2.21. The summed E-state index contributed by atoms with van der Waals surface area (Å²) < 4.78 is 1.40. The molecule has 18 heavy (non-hydrogen) atoms. The molecule has 0 aliphatic carbocycles. The molecule has 1 fully saturated rings. The highest BCUT2D eigenvalue weighted by Gasteiger charge is 2.16. The van der Waals surface area contributed by atoms with E-state index >= 15 is 0 Å². The molecule has 1 aromatic heterocycles. The molecule has 96 valence electrons. The Morgan fingerprint density at radius 1 is 1.28 bits per heavy atom. The van der Waals surface area contributed by atoms with E-state index in [1.807, 2.05) is 11.3 Å². The van der Waals surface area contributed by atoms with E-state index in [-0.39, 0.29) is 0 Å². The van der Waals surface area contributed by atoms with Crippen molar-refractivity contribution >= 4 is 21.4 Å². The summed E-state index contributed by atoms with van der Waals surface area (Å²) in [6, 6.07) is 9.39. The van der Waals surface area contributed by atoms with Crippen LogP contribution in [0.4, 0.5) is 0 Å². The summed E-state index contributed by atoms with van der Waals surface area (Å²) in [6.07, 6.45) is 2.55. The predicted octanol–water partition coefficient (Wildman–Crippen LogP) is 3.09. The number of thiophene rings is 1. The quantitative estimate of drug-likeness (QED) is 0.912. The lowest BCUT2D eigenvalue weighted by molar-refractivity contribution is 0.234. The van der Waals surface area contributed by atoms with Gasteiger partial charge in [0.1, 0.15) is 0 Å². The minimum absolute atomic E-state index is 0.694. The van der Waals surface area contributed by atoms with Gasteiger partial charge in [0.05, 0.1) is 0 Å². The molecular weight excluding hydrogens is 240 g/mol. The fraction of sp³-hybridized carbons (Fsp3) is 0.467. The molecule has 1 aromatic carbocycles. The normalized spacial score (nSPS) is 18.5. The third-order valence-electron chi connectivity index (χ3n) is 3.86. The van der Waals surface area contributed by atoms with Crippen molar-refractivity contribution in [2.75, 3.05) is 20.1 Å². The highest BCUT2D eigenvalue weighted by molar-refractivity contribution is 7.17. The Hall–Kier alpha value is -0.900. The zero-order valence-corrected chi connectivity index (χ0v) is 11.7. The molecule has 1 aliphatic heterocycles. The summed E-state index contributed by atoms with van der Waals surface area (Å²) in [6.45, 7) is 3.46. The van der Waals surface area contributed by atoms with Crippen LogP contribution in [0.15, 0.2) is 29.6 Å². The molecule has 2 nitrogen and oxygen atoms in total. The van der Waals surface area contributed by atoms with Gasteiger partial charge in [-0.05, 0) is 55.4 Å². The third kappa shape index (κ3) is 2.58. The Balaban J connectivity index is 1.63. The fourth-order valence-electron chi connectivity index (χ4n) is 2.64. The Labute approximate surface area is 113 Å². The fourth-order valence-corrected chi connectivity index (χ4v) is 3.60. The first-order valence-corrected chi connectivity index (χ1v) is 7.58. The molecule has 3 heteroatoms. The molecule has 1 N–H and O–H groups in total. The van der Waals surface area contributed by atoms with E-state index in [9.17, 15) is 0 Å². The summed E-state index contributed by atoms with van der Waals surface area (Å²) >= 11 is 1.85. The van der Waals surface area contributed by atoms with Gasteiger partial charge in [-0.3, -0.25) is 0 Å². The number of nitrogens with one attached hydrogen (secondary N) is 1. The number of hydrogen-bond acceptors (Lipinski definition) is 3. The second-order valence-corrected chi connectivity index (χ2v) is 6.13. The SMILES string of the molecule is CN1CCC(NCc2csc3ccccc23)CC1. The highest BCUT2D eigenvalue weighted by Crippen LogP contribution is 2.25. The minimum Gasteiger partial charge on any atom is -0.310 e. The lowest BCUT2D eigenvalue weighted by atomic mass is 10.1. The number of fused-ring (bicyclic) bond motifs is 1. The van der Waals surface area contributed by atoms with Crippen LogP contribution in [0.25, 0.3) is 10.1 Å². The van der Waals surface area contributed by atoms with Crippen LogP contribution in [0.3, 0.4) is 0 Å². The molecule has 0 spiro atoms. The van der Waals surface area contributed by atoms with Crippen molar-refractivity contribution in [3.63, 3.8) is 0 Å². The smallest absolute Gasteiger partial charge is 0.0346 e. The molecule has 2 aromatic rings. The lowest BCUT2D eigenvalue weighted by Crippen LogP contribution is -2.40. The van der Waals surface area contributed by atoms with Crippen molar-refractivity contribution in [1.29, 1.82) is 0 Å². The van der Waals surface area contributed by atoms with Crippen LogP contribution in [-0.4, -0.2) is 31.1 Å². The van der Waals surface area contributed by atoms with Crippen molar-refractivity contribution in [3.8, 4) is 0 Å². The van der Waals surface area contributed by atoms with Crippen molar-refractivity contribution in [3.05, 3.63) is 35.2 Å². The van der Waals surface area contributed by atoms with Gasteiger partial charge in [0.25, 0.3) is 0 Å². The maximum Gasteiger partial charge on any atom is 0.0346 e. The molecule has 0 atom stereocenters. The molecule has 3 rings (SSSR count). The van der Waals surface area contributed by atoms with Crippen LogP contribution >= 0.6 is 11.3 Å². The van der Waals surface area contributed by atoms with Gasteiger partial charge in [-0.25, -0.2) is 0 Å². The maximum absolute atomic E-state index is 3.72. The zero-order valence-electron chi connectivity index (χ0n) is 10.9. The van der Waals surface area contributed by atoms with Crippen LogP contribution in [0.1, 0.15) is 18.4 Å². The van der Waals surface area contributed by atoms with Crippen LogP contribution in [-0.2, 0) is 6.54 Å². The monoisotopic (exact) mass is 260 g/mol. The first-order valence-electron chi connectivity index (χ1n) is 6.70.